The first-order valence-corrected chi connectivity index (χ1v) is 8.01. The highest BCUT2D eigenvalue weighted by Crippen LogP contribution is 2.26. The van der Waals surface area contributed by atoms with Crippen LogP contribution in [0.4, 0.5) is 5.69 Å². The molecule has 21 heavy (non-hydrogen) atoms. The largest absolute Gasteiger partial charge is 0.465 e. The summed E-state index contributed by atoms with van der Waals surface area (Å²) in [7, 11) is -2.34. The van der Waals surface area contributed by atoms with Gasteiger partial charge in [-0.05, 0) is 18.2 Å². The molecule has 8 heteroatoms. The molecular weight excluding hydrogens is 296 g/mol. The third-order valence-electron chi connectivity index (χ3n) is 3.25. The van der Waals surface area contributed by atoms with E-state index in [2.05, 4.69) is 4.74 Å². The van der Waals surface area contributed by atoms with Crippen molar-refractivity contribution in [3.63, 3.8) is 0 Å². The number of methoxy groups -OCH3 is 1. The number of rotatable bonds is 4. The fourth-order valence-electron chi connectivity index (χ4n) is 2.39. The highest BCUT2D eigenvalue weighted by Gasteiger charge is 2.33. The van der Waals surface area contributed by atoms with Crippen LogP contribution in [0.1, 0.15) is 16.8 Å². The first kappa shape index (κ1) is 15.5. The molecule has 0 radical (unpaired) electrons. The Morgan fingerprint density at radius 2 is 2.19 bits per heavy atom. The van der Waals surface area contributed by atoms with Crippen molar-refractivity contribution in [3.05, 3.63) is 29.8 Å². The molecule has 1 aromatic rings. The number of benzene rings is 1. The maximum Gasteiger partial charge on any atom is 0.337 e. The van der Waals surface area contributed by atoms with Gasteiger partial charge in [0.2, 0.25) is 15.9 Å². The monoisotopic (exact) mass is 312 g/mol. The minimum Gasteiger partial charge on any atom is -0.465 e. The Labute approximate surface area is 122 Å². The van der Waals surface area contributed by atoms with Crippen LogP contribution in [0, 0.1) is 5.92 Å². The first-order valence-electron chi connectivity index (χ1n) is 6.29. The molecule has 1 amide bonds. The molecule has 1 fully saturated rings. The molecule has 7 nitrogen and oxygen atoms in total. The van der Waals surface area contributed by atoms with Crippen LogP contribution in [0.3, 0.4) is 0 Å². The summed E-state index contributed by atoms with van der Waals surface area (Å²) < 4.78 is 26.8. The molecule has 1 aliphatic rings. The van der Waals surface area contributed by atoms with Gasteiger partial charge in [0.1, 0.15) is 0 Å². The Kier molecular flexibility index (Phi) is 4.29. The summed E-state index contributed by atoms with van der Waals surface area (Å²) >= 11 is 0. The standard InChI is InChI=1S/C13H16N2O5S/c1-20-13(17)10-3-2-4-11(6-10)15-7-9(5-12(15)16)8-21(14,18)19/h2-4,6,9H,5,7-8H2,1H3,(H2,14,18,19). The Morgan fingerprint density at radius 3 is 2.81 bits per heavy atom. The van der Waals surface area contributed by atoms with E-state index in [-0.39, 0.29) is 30.5 Å². The lowest BCUT2D eigenvalue weighted by Gasteiger charge is -2.17. The molecule has 0 aromatic heterocycles. The van der Waals surface area contributed by atoms with Crippen molar-refractivity contribution < 1.29 is 22.7 Å². The zero-order chi connectivity index (χ0) is 15.6. The molecule has 2 rings (SSSR count). The first-order chi connectivity index (χ1) is 9.80. The van der Waals surface area contributed by atoms with Crippen LogP contribution in [0.15, 0.2) is 24.3 Å². The van der Waals surface area contributed by atoms with E-state index >= 15 is 0 Å². The molecule has 0 spiro atoms. The SMILES string of the molecule is COC(=O)c1cccc(N2CC(CS(N)(=O)=O)CC2=O)c1. The van der Waals surface area contributed by atoms with Crippen LogP contribution in [-0.2, 0) is 19.6 Å². The fraction of sp³-hybridized carbons (Fsp3) is 0.385. The number of hydrogen-bond donors (Lipinski definition) is 1. The molecule has 1 heterocycles. The van der Waals surface area contributed by atoms with Crippen LogP contribution < -0.4 is 10.0 Å². The number of carbonyl (C=O) groups excluding carboxylic acids is 2. The summed E-state index contributed by atoms with van der Waals surface area (Å²) in [5, 5.41) is 5.01. The van der Waals surface area contributed by atoms with E-state index in [9.17, 15) is 18.0 Å². The second-order valence-corrected chi connectivity index (χ2v) is 6.60. The summed E-state index contributed by atoms with van der Waals surface area (Å²) in [4.78, 5) is 24.9. The fourth-order valence-corrected chi connectivity index (χ4v) is 3.27. The van der Waals surface area contributed by atoms with Gasteiger partial charge in [-0.3, -0.25) is 4.79 Å². The third kappa shape index (κ3) is 3.79. The maximum atomic E-state index is 12.0. The van der Waals surface area contributed by atoms with Gasteiger partial charge in [0, 0.05) is 24.6 Å². The molecule has 1 aliphatic heterocycles. The summed E-state index contributed by atoms with van der Waals surface area (Å²) in [6, 6.07) is 6.45. The number of carbonyl (C=O) groups is 2. The smallest absolute Gasteiger partial charge is 0.337 e. The number of nitrogens with zero attached hydrogens (tertiary/aromatic N) is 1. The quantitative estimate of drug-likeness (QED) is 0.794. The second-order valence-electron chi connectivity index (χ2n) is 4.95. The lowest BCUT2D eigenvalue weighted by Crippen LogP contribution is -2.27. The van der Waals surface area contributed by atoms with Crippen molar-refractivity contribution in [2.24, 2.45) is 11.1 Å². The van der Waals surface area contributed by atoms with Crippen molar-refractivity contribution in [2.75, 3.05) is 24.3 Å². The predicted molar refractivity (Wildman–Crippen MR) is 76.2 cm³/mol. The summed E-state index contributed by atoms with van der Waals surface area (Å²) in [5.74, 6) is -1.25. The van der Waals surface area contributed by atoms with Crippen LogP contribution in [-0.4, -0.2) is 39.7 Å². The summed E-state index contributed by atoms with van der Waals surface area (Å²) in [6.45, 7) is 0.264. The van der Waals surface area contributed by atoms with Crippen LogP contribution >= 0.6 is 0 Å². The van der Waals surface area contributed by atoms with E-state index in [4.69, 9.17) is 5.14 Å². The van der Waals surface area contributed by atoms with Gasteiger partial charge in [0.15, 0.2) is 0 Å². The molecule has 0 saturated carbocycles. The molecule has 1 aromatic carbocycles. The van der Waals surface area contributed by atoms with Gasteiger partial charge in [-0.2, -0.15) is 0 Å². The number of sulfonamides is 1. The predicted octanol–water partition coefficient (Wildman–Crippen LogP) is 0.115. The van der Waals surface area contributed by atoms with Gasteiger partial charge in [-0.25, -0.2) is 18.4 Å². The highest BCUT2D eigenvalue weighted by molar-refractivity contribution is 7.89. The van der Waals surface area contributed by atoms with Gasteiger partial charge in [-0.1, -0.05) is 6.07 Å². The van der Waals surface area contributed by atoms with Crippen LogP contribution in [0.5, 0.6) is 0 Å². The molecular formula is C13H16N2O5S. The average molecular weight is 312 g/mol. The molecule has 1 atom stereocenters. The van der Waals surface area contributed by atoms with Gasteiger partial charge >= 0.3 is 5.97 Å². The number of esters is 1. The lowest BCUT2D eigenvalue weighted by molar-refractivity contribution is -0.117. The Bertz CT molecular complexity index is 671. The maximum absolute atomic E-state index is 12.0. The van der Waals surface area contributed by atoms with Gasteiger partial charge in [0.25, 0.3) is 0 Å². The Hall–Kier alpha value is -1.93. The van der Waals surface area contributed by atoms with E-state index in [0.29, 0.717) is 11.3 Å². The van der Waals surface area contributed by atoms with Gasteiger partial charge in [0.05, 0.1) is 18.4 Å². The Balaban J connectivity index is 2.19. The molecule has 114 valence electrons. The zero-order valence-electron chi connectivity index (χ0n) is 11.5. The van der Waals surface area contributed by atoms with Crippen molar-refractivity contribution in [1.82, 2.24) is 0 Å². The summed E-state index contributed by atoms with van der Waals surface area (Å²) in [5.41, 5.74) is 0.873. The van der Waals surface area contributed by atoms with Crippen LogP contribution in [0.25, 0.3) is 0 Å². The Morgan fingerprint density at radius 1 is 1.48 bits per heavy atom. The number of ether oxygens (including phenoxy) is 1. The zero-order valence-corrected chi connectivity index (χ0v) is 12.3. The van der Waals surface area contributed by atoms with E-state index in [0.717, 1.165) is 0 Å². The molecule has 0 aliphatic carbocycles. The minimum atomic E-state index is -3.62. The van der Waals surface area contributed by atoms with E-state index in [1.54, 1.807) is 24.3 Å². The molecule has 1 unspecified atom stereocenters. The summed E-state index contributed by atoms with van der Waals surface area (Å²) in [6.07, 6.45) is 0.124. The number of amides is 1. The van der Waals surface area contributed by atoms with E-state index in [1.165, 1.54) is 12.0 Å². The van der Waals surface area contributed by atoms with Crippen molar-refractivity contribution in [2.45, 2.75) is 6.42 Å². The van der Waals surface area contributed by atoms with E-state index in [1.807, 2.05) is 0 Å². The normalized spacial score (nSPS) is 18.9. The molecule has 2 N–H and O–H groups in total. The topological polar surface area (TPSA) is 107 Å². The number of hydrogen-bond acceptors (Lipinski definition) is 5. The number of nitrogens with two attached hydrogens (primary N) is 1. The second kappa shape index (κ2) is 5.82. The van der Waals surface area contributed by atoms with Crippen molar-refractivity contribution >= 4 is 27.6 Å². The lowest BCUT2D eigenvalue weighted by atomic mass is 10.1. The number of anilines is 1. The van der Waals surface area contributed by atoms with Crippen LogP contribution in [0.2, 0.25) is 0 Å². The highest BCUT2D eigenvalue weighted by atomic mass is 32.2. The average Bonchev–Trinajstić information content (AvgIpc) is 2.76. The van der Waals surface area contributed by atoms with E-state index < -0.39 is 16.0 Å². The minimum absolute atomic E-state index is 0.124. The molecule has 1 saturated heterocycles. The third-order valence-corrected chi connectivity index (χ3v) is 4.19. The van der Waals surface area contributed by atoms with Crippen molar-refractivity contribution in [1.29, 1.82) is 0 Å². The molecule has 0 bridgehead atoms. The van der Waals surface area contributed by atoms with Gasteiger partial charge in [-0.15, -0.1) is 0 Å². The number of primary sulfonamides is 1. The van der Waals surface area contributed by atoms with Crippen molar-refractivity contribution in [3.8, 4) is 0 Å². The van der Waals surface area contributed by atoms with Gasteiger partial charge < -0.3 is 9.64 Å².